The zero-order valence-electron chi connectivity index (χ0n) is 21.4. The summed E-state index contributed by atoms with van der Waals surface area (Å²) >= 11 is 0. The highest BCUT2D eigenvalue weighted by Gasteiger charge is 2.76. The number of hydrogen-bond donors (Lipinski definition) is 1. The third kappa shape index (κ3) is 2.85. The third-order valence-corrected chi connectivity index (χ3v) is 11.1. The first-order chi connectivity index (χ1) is 18.4. The molecule has 2 unspecified atom stereocenters. The number of hydrogen-bond acceptors (Lipinski definition) is 4. The van der Waals surface area contributed by atoms with Crippen molar-refractivity contribution in [3.05, 3.63) is 89.6 Å². The van der Waals surface area contributed by atoms with Crippen molar-refractivity contribution in [2.24, 2.45) is 17.3 Å². The van der Waals surface area contributed by atoms with Gasteiger partial charge in [0.15, 0.2) is 0 Å². The number of phenols is 1. The fourth-order valence-corrected chi connectivity index (χ4v) is 10.1. The van der Waals surface area contributed by atoms with Gasteiger partial charge in [-0.1, -0.05) is 42.5 Å². The minimum Gasteiger partial charge on any atom is -0.508 e. The number of aromatic nitrogens is 1. The Hall–Kier alpha value is -2.99. The molecule has 5 aliphatic rings. The molecule has 2 aliphatic heterocycles. The van der Waals surface area contributed by atoms with E-state index in [9.17, 15) is 5.11 Å². The Balaban J connectivity index is 1.23. The second-order valence-electron chi connectivity index (χ2n) is 12.4. The number of anilines is 1. The molecule has 196 valence electrons. The van der Waals surface area contributed by atoms with Gasteiger partial charge in [0.1, 0.15) is 11.6 Å². The van der Waals surface area contributed by atoms with Gasteiger partial charge in [-0.25, -0.2) is 4.98 Å². The van der Waals surface area contributed by atoms with Crippen molar-refractivity contribution in [2.45, 2.75) is 55.5 Å². The molecule has 6 heteroatoms. The standard InChI is InChI=1S/C32H33F2N3O/c33-32(34,23-6-2-1-3-7-23)20-36-15-13-31-25-17-24(38)10-9-21(25)16-27(36)30(31)12-11-26-29(31)22(18-30)19-37(26)28-8-4-5-14-35-28/h1-10,14,17,22,26-27,29,38H,11-13,15-16,18-20H2/t22-,26?,27-,29?,30-,31+/m1/s1. The van der Waals surface area contributed by atoms with Crippen molar-refractivity contribution < 1.29 is 13.9 Å². The summed E-state index contributed by atoms with van der Waals surface area (Å²) < 4.78 is 31.4. The molecule has 2 aromatic carbocycles. The molecule has 2 saturated heterocycles. The number of piperidine rings is 1. The van der Waals surface area contributed by atoms with Gasteiger partial charge in [0.25, 0.3) is 5.92 Å². The van der Waals surface area contributed by atoms with Crippen LogP contribution in [0.4, 0.5) is 14.6 Å². The van der Waals surface area contributed by atoms with Crippen LogP contribution in [0.1, 0.15) is 42.4 Å². The third-order valence-electron chi connectivity index (χ3n) is 11.1. The van der Waals surface area contributed by atoms with E-state index in [0.29, 0.717) is 30.2 Å². The van der Waals surface area contributed by atoms with Gasteiger partial charge in [0.05, 0.1) is 6.54 Å². The molecule has 2 saturated carbocycles. The molecule has 3 aromatic rings. The van der Waals surface area contributed by atoms with E-state index < -0.39 is 5.92 Å². The molecule has 6 atom stereocenters. The minimum atomic E-state index is -2.89. The summed E-state index contributed by atoms with van der Waals surface area (Å²) in [5.74, 6) is -0.551. The Morgan fingerprint density at radius 3 is 2.68 bits per heavy atom. The molecule has 4 nitrogen and oxygen atoms in total. The molecule has 0 amide bonds. The zero-order valence-corrected chi connectivity index (χ0v) is 21.4. The topological polar surface area (TPSA) is 39.6 Å². The van der Waals surface area contributed by atoms with Crippen molar-refractivity contribution in [2.75, 3.05) is 24.5 Å². The molecule has 8 rings (SSSR count). The smallest absolute Gasteiger partial charge is 0.285 e. The van der Waals surface area contributed by atoms with E-state index in [1.807, 2.05) is 18.3 Å². The fraction of sp³-hybridized carbons (Fsp3) is 0.469. The number of likely N-dealkylation sites (tertiary alicyclic amines) is 1. The Morgan fingerprint density at radius 2 is 1.87 bits per heavy atom. The van der Waals surface area contributed by atoms with E-state index in [2.05, 4.69) is 28.0 Å². The summed E-state index contributed by atoms with van der Waals surface area (Å²) in [6, 6.07) is 20.9. The van der Waals surface area contributed by atoms with Gasteiger partial charge in [-0.2, -0.15) is 8.78 Å². The number of halogens is 2. The van der Waals surface area contributed by atoms with Crippen LogP contribution in [0.15, 0.2) is 72.9 Å². The Morgan fingerprint density at radius 1 is 1.03 bits per heavy atom. The highest BCUT2D eigenvalue weighted by atomic mass is 19.3. The van der Waals surface area contributed by atoms with Crippen LogP contribution >= 0.6 is 0 Å². The fourth-order valence-electron chi connectivity index (χ4n) is 10.1. The molecule has 3 heterocycles. The van der Waals surface area contributed by atoms with Gasteiger partial charge in [-0.15, -0.1) is 0 Å². The summed E-state index contributed by atoms with van der Waals surface area (Å²) in [7, 11) is 0. The Labute approximate surface area is 222 Å². The second kappa shape index (κ2) is 7.78. The molecule has 0 radical (unpaired) electrons. The van der Waals surface area contributed by atoms with Crippen molar-refractivity contribution in [1.82, 2.24) is 9.88 Å². The lowest BCUT2D eigenvalue weighted by Gasteiger charge is -2.66. The average molecular weight is 514 g/mol. The van der Waals surface area contributed by atoms with E-state index >= 15 is 8.78 Å². The second-order valence-corrected chi connectivity index (χ2v) is 12.4. The van der Waals surface area contributed by atoms with Crippen LogP contribution in [0.3, 0.4) is 0 Å². The molecule has 3 aliphatic carbocycles. The van der Waals surface area contributed by atoms with Crippen LogP contribution in [-0.4, -0.2) is 46.7 Å². The summed E-state index contributed by atoms with van der Waals surface area (Å²) in [6.07, 6.45) is 6.73. The number of aromatic hydroxyl groups is 1. The molecule has 4 bridgehead atoms. The molecule has 0 spiro atoms. The zero-order chi connectivity index (χ0) is 25.7. The van der Waals surface area contributed by atoms with E-state index in [1.165, 1.54) is 11.1 Å². The summed E-state index contributed by atoms with van der Waals surface area (Å²) in [4.78, 5) is 9.41. The highest BCUT2D eigenvalue weighted by molar-refractivity contribution is 5.54. The number of benzene rings is 2. The van der Waals surface area contributed by atoms with Gasteiger partial charge < -0.3 is 10.0 Å². The predicted molar refractivity (Wildman–Crippen MR) is 142 cm³/mol. The van der Waals surface area contributed by atoms with Crippen LogP contribution in [0.25, 0.3) is 0 Å². The van der Waals surface area contributed by atoms with Crippen LogP contribution < -0.4 is 4.90 Å². The van der Waals surface area contributed by atoms with Gasteiger partial charge in [-0.05, 0) is 91.3 Å². The number of pyridine rings is 1. The first-order valence-corrected chi connectivity index (χ1v) is 14.1. The van der Waals surface area contributed by atoms with Crippen LogP contribution in [0.2, 0.25) is 0 Å². The molecule has 4 fully saturated rings. The van der Waals surface area contributed by atoms with Crippen LogP contribution in [-0.2, 0) is 17.8 Å². The normalized spacial score (nSPS) is 35.2. The van der Waals surface area contributed by atoms with Crippen LogP contribution in [0.5, 0.6) is 5.75 Å². The number of fused-ring (bicyclic) bond motifs is 1. The number of phenolic OH excluding ortho intramolecular Hbond substituents is 1. The van der Waals surface area contributed by atoms with Crippen molar-refractivity contribution in [3.63, 3.8) is 0 Å². The SMILES string of the molecule is Oc1ccc2c(c1)[C@]13CCN(CC(F)(F)c4ccccc4)[C@H](C2)[C@]12CCC1C3[C@@H](CN1c1ccccn1)C2. The minimum absolute atomic E-state index is 0.0269. The van der Waals surface area contributed by atoms with E-state index in [4.69, 9.17) is 4.98 Å². The Bertz CT molecular complexity index is 1380. The largest absolute Gasteiger partial charge is 0.508 e. The average Bonchev–Trinajstić information content (AvgIpc) is 3.38. The number of nitrogens with zero attached hydrogens (tertiary/aromatic N) is 3. The Kier molecular flexibility index (Phi) is 4.70. The molecule has 1 N–H and O–H groups in total. The van der Waals surface area contributed by atoms with Gasteiger partial charge in [0, 0.05) is 35.8 Å². The van der Waals surface area contributed by atoms with Gasteiger partial charge in [-0.3, -0.25) is 4.90 Å². The maximum atomic E-state index is 15.7. The first-order valence-electron chi connectivity index (χ1n) is 14.1. The maximum Gasteiger partial charge on any atom is 0.285 e. The maximum absolute atomic E-state index is 15.7. The molecule has 1 aromatic heterocycles. The summed E-state index contributed by atoms with van der Waals surface area (Å²) in [5.41, 5.74) is 2.55. The van der Waals surface area contributed by atoms with E-state index in [0.717, 1.165) is 44.5 Å². The quantitative estimate of drug-likeness (QED) is 0.482. The summed E-state index contributed by atoms with van der Waals surface area (Å²) in [5, 5.41) is 10.6. The monoisotopic (exact) mass is 513 g/mol. The lowest BCUT2D eigenvalue weighted by Crippen LogP contribution is -2.70. The van der Waals surface area contributed by atoms with Crippen LogP contribution in [0, 0.1) is 17.3 Å². The molecular formula is C32H33F2N3O. The lowest BCUT2D eigenvalue weighted by molar-refractivity contribution is -0.127. The van der Waals surface area contributed by atoms with Crippen molar-refractivity contribution in [3.8, 4) is 5.75 Å². The van der Waals surface area contributed by atoms with Crippen molar-refractivity contribution in [1.29, 1.82) is 0 Å². The first kappa shape index (κ1) is 22.9. The highest BCUT2D eigenvalue weighted by Crippen LogP contribution is 2.75. The van der Waals surface area contributed by atoms with E-state index in [-0.39, 0.29) is 29.0 Å². The van der Waals surface area contributed by atoms with Gasteiger partial charge >= 0.3 is 0 Å². The number of alkyl halides is 2. The lowest BCUT2D eigenvalue weighted by atomic mass is 9.43. The number of rotatable bonds is 4. The van der Waals surface area contributed by atoms with Gasteiger partial charge in [0.2, 0.25) is 0 Å². The van der Waals surface area contributed by atoms with E-state index in [1.54, 1.807) is 36.4 Å². The predicted octanol–water partition coefficient (Wildman–Crippen LogP) is 5.75. The molecule has 38 heavy (non-hydrogen) atoms. The van der Waals surface area contributed by atoms with Crippen molar-refractivity contribution >= 4 is 5.82 Å². The molecular weight excluding hydrogens is 480 g/mol. The summed E-state index contributed by atoms with van der Waals surface area (Å²) in [6.45, 7) is 1.42.